The molecule has 1 aromatic carbocycles. The summed E-state index contributed by atoms with van der Waals surface area (Å²) in [6.45, 7) is 4.19. The van der Waals surface area contributed by atoms with Gasteiger partial charge in [-0.05, 0) is 55.9 Å². The van der Waals surface area contributed by atoms with Gasteiger partial charge >= 0.3 is 5.97 Å². The molecule has 0 unspecified atom stereocenters. The Morgan fingerprint density at radius 3 is 2.48 bits per heavy atom. The molecule has 0 aromatic heterocycles. The third-order valence-corrected chi connectivity index (χ3v) is 6.81. The molecular formula is C18H25NO5S. The summed E-state index contributed by atoms with van der Waals surface area (Å²) in [5, 5.41) is 0. The van der Waals surface area contributed by atoms with Gasteiger partial charge in [-0.2, -0.15) is 4.31 Å². The van der Waals surface area contributed by atoms with E-state index >= 15 is 0 Å². The number of carbonyl (C=O) groups is 1. The van der Waals surface area contributed by atoms with E-state index in [-0.39, 0.29) is 17.6 Å². The number of nitrogens with zero attached hydrogens (tertiary/aromatic N) is 1. The first-order chi connectivity index (χ1) is 12.0. The van der Waals surface area contributed by atoms with Crippen molar-refractivity contribution in [3.05, 3.63) is 29.8 Å². The van der Waals surface area contributed by atoms with Gasteiger partial charge in [-0.1, -0.05) is 6.92 Å². The van der Waals surface area contributed by atoms with Gasteiger partial charge in [0.05, 0.1) is 16.6 Å². The summed E-state index contributed by atoms with van der Waals surface area (Å²) < 4.78 is 37.5. The van der Waals surface area contributed by atoms with E-state index < -0.39 is 16.0 Å². The van der Waals surface area contributed by atoms with Crippen LogP contribution < -0.4 is 0 Å². The summed E-state index contributed by atoms with van der Waals surface area (Å²) in [5.41, 5.74) is 0.351. The Morgan fingerprint density at radius 2 is 1.88 bits per heavy atom. The van der Waals surface area contributed by atoms with Crippen molar-refractivity contribution in [2.24, 2.45) is 5.92 Å². The molecule has 7 heteroatoms. The molecule has 0 saturated carbocycles. The predicted molar refractivity (Wildman–Crippen MR) is 92.9 cm³/mol. The van der Waals surface area contributed by atoms with E-state index in [1.165, 1.54) is 28.6 Å². The van der Waals surface area contributed by atoms with Gasteiger partial charge in [-0.15, -0.1) is 0 Å². The topological polar surface area (TPSA) is 72.9 Å². The zero-order valence-electron chi connectivity index (χ0n) is 14.5. The molecule has 0 spiro atoms. The third kappa shape index (κ3) is 4.40. The van der Waals surface area contributed by atoms with Crippen LogP contribution in [0.2, 0.25) is 0 Å². The van der Waals surface area contributed by atoms with E-state index in [1.54, 1.807) is 0 Å². The Kier molecular flexibility index (Phi) is 5.76. The molecule has 0 radical (unpaired) electrons. The number of esters is 1. The number of hydrogen-bond donors (Lipinski definition) is 0. The lowest BCUT2D eigenvalue weighted by atomic mass is 10.0. The van der Waals surface area contributed by atoms with E-state index in [4.69, 9.17) is 9.47 Å². The Balaban J connectivity index is 1.61. The lowest BCUT2D eigenvalue weighted by Crippen LogP contribution is -2.37. The molecule has 6 nitrogen and oxygen atoms in total. The van der Waals surface area contributed by atoms with E-state index in [2.05, 4.69) is 6.92 Å². The Bertz CT molecular complexity index is 687. The predicted octanol–water partition coefficient (Wildman–Crippen LogP) is 2.44. The molecule has 2 saturated heterocycles. The average Bonchev–Trinajstić information content (AvgIpc) is 3.14. The van der Waals surface area contributed by atoms with Crippen molar-refractivity contribution < 1.29 is 22.7 Å². The number of carbonyl (C=O) groups excluding carboxylic acids is 1. The van der Waals surface area contributed by atoms with Crippen molar-refractivity contribution in [1.29, 1.82) is 0 Å². The van der Waals surface area contributed by atoms with Crippen LogP contribution in [0.25, 0.3) is 0 Å². The molecule has 138 valence electrons. The lowest BCUT2D eigenvalue weighted by molar-refractivity contribution is 0.0161. The van der Waals surface area contributed by atoms with Crippen molar-refractivity contribution in [1.82, 2.24) is 4.31 Å². The summed E-state index contributed by atoms with van der Waals surface area (Å²) in [6.07, 6.45) is 3.63. The van der Waals surface area contributed by atoms with Crippen molar-refractivity contribution in [3.63, 3.8) is 0 Å². The summed E-state index contributed by atoms with van der Waals surface area (Å²) in [6, 6.07) is 5.99. The minimum Gasteiger partial charge on any atom is -0.459 e. The van der Waals surface area contributed by atoms with Gasteiger partial charge < -0.3 is 9.47 Å². The van der Waals surface area contributed by atoms with E-state index in [9.17, 15) is 13.2 Å². The van der Waals surface area contributed by atoms with Crippen molar-refractivity contribution in [2.75, 3.05) is 26.3 Å². The molecule has 0 amide bonds. The van der Waals surface area contributed by atoms with Crippen LogP contribution in [0.3, 0.4) is 0 Å². The van der Waals surface area contributed by atoms with Crippen LogP contribution >= 0.6 is 0 Å². The van der Waals surface area contributed by atoms with Gasteiger partial charge in [-0.25, -0.2) is 13.2 Å². The fourth-order valence-corrected chi connectivity index (χ4v) is 4.63. The average molecular weight is 367 g/mol. The van der Waals surface area contributed by atoms with Gasteiger partial charge in [0.15, 0.2) is 0 Å². The molecular weight excluding hydrogens is 342 g/mol. The highest BCUT2D eigenvalue weighted by Crippen LogP contribution is 2.23. The second kappa shape index (κ2) is 7.85. The largest absolute Gasteiger partial charge is 0.459 e. The molecule has 1 atom stereocenters. The van der Waals surface area contributed by atoms with Gasteiger partial charge in [-0.3, -0.25) is 0 Å². The zero-order valence-corrected chi connectivity index (χ0v) is 15.3. The van der Waals surface area contributed by atoms with Crippen LogP contribution in [0.5, 0.6) is 0 Å². The number of benzene rings is 1. The Hall–Kier alpha value is -1.44. The first-order valence-corrected chi connectivity index (χ1v) is 10.3. The minimum absolute atomic E-state index is 0.0231. The molecule has 2 fully saturated rings. The number of hydrogen-bond acceptors (Lipinski definition) is 5. The summed E-state index contributed by atoms with van der Waals surface area (Å²) in [7, 11) is -3.49. The van der Waals surface area contributed by atoms with Crippen LogP contribution in [0.1, 0.15) is 43.0 Å². The Morgan fingerprint density at radius 1 is 1.20 bits per heavy atom. The maximum absolute atomic E-state index is 12.7. The highest BCUT2D eigenvalue weighted by atomic mass is 32.2. The summed E-state index contributed by atoms with van der Waals surface area (Å²) in [4.78, 5) is 12.3. The summed E-state index contributed by atoms with van der Waals surface area (Å²) in [5.74, 6) is 0.110. The smallest absolute Gasteiger partial charge is 0.338 e. The minimum atomic E-state index is -3.49. The highest BCUT2D eigenvalue weighted by molar-refractivity contribution is 7.89. The molecule has 1 aromatic rings. The molecule has 0 N–H and O–H groups in total. The Labute approximate surface area is 149 Å². The zero-order chi connectivity index (χ0) is 17.9. The van der Waals surface area contributed by atoms with E-state index in [1.807, 2.05) is 0 Å². The van der Waals surface area contributed by atoms with Gasteiger partial charge in [0.2, 0.25) is 10.0 Å². The first-order valence-electron chi connectivity index (χ1n) is 8.86. The van der Waals surface area contributed by atoms with Crippen LogP contribution in [0, 0.1) is 5.92 Å². The molecule has 2 aliphatic rings. The number of sulfonamides is 1. The second-order valence-corrected chi connectivity index (χ2v) is 8.78. The van der Waals surface area contributed by atoms with Crippen molar-refractivity contribution in [3.8, 4) is 0 Å². The maximum Gasteiger partial charge on any atom is 0.338 e. The molecule has 0 bridgehead atoms. The maximum atomic E-state index is 12.7. The van der Waals surface area contributed by atoms with E-state index in [0.717, 1.165) is 25.7 Å². The normalized spacial score (nSPS) is 22.8. The standard InChI is InChI=1S/C18H25NO5S/c1-14-8-10-19(11-9-14)25(21,22)17-6-4-15(5-7-17)18(20)24-13-16-3-2-12-23-16/h4-7,14,16H,2-3,8-13H2,1H3/t16-/m1/s1. The van der Waals surface area contributed by atoms with Crippen molar-refractivity contribution >= 4 is 16.0 Å². The lowest BCUT2D eigenvalue weighted by Gasteiger charge is -2.29. The third-order valence-electron chi connectivity index (χ3n) is 4.89. The quantitative estimate of drug-likeness (QED) is 0.748. The van der Waals surface area contributed by atoms with Crippen LogP contribution in [-0.2, 0) is 19.5 Å². The number of ether oxygens (including phenoxy) is 2. The highest BCUT2D eigenvalue weighted by Gasteiger charge is 2.28. The van der Waals surface area contributed by atoms with Gasteiger partial charge in [0.25, 0.3) is 0 Å². The summed E-state index contributed by atoms with van der Waals surface area (Å²) >= 11 is 0. The molecule has 0 aliphatic carbocycles. The van der Waals surface area contributed by atoms with E-state index in [0.29, 0.717) is 31.2 Å². The van der Waals surface area contributed by atoms with Crippen molar-refractivity contribution in [2.45, 2.75) is 43.6 Å². The van der Waals surface area contributed by atoms with Crippen LogP contribution in [-0.4, -0.2) is 51.1 Å². The fourth-order valence-electron chi connectivity index (χ4n) is 3.17. The second-order valence-electron chi connectivity index (χ2n) is 6.84. The van der Waals surface area contributed by atoms with Gasteiger partial charge in [0, 0.05) is 19.7 Å². The molecule has 2 heterocycles. The fraction of sp³-hybridized carbons (Fsp3) is 0.611. The molecule has 25 heavy (non-hydrogen) atoms. The molecule has 3 rings (SSSR count). The monoisotopic (exact) mass is 367 g/mol. The SMILES string of the molecule is CC1CCN(S(=O)(=O)c2ccc(C(=O)OC[C@H]3CCCO3)cc2)CC1. The van der Waals surface area contributed by atoms with Crippen LogP contribution in [0.4, 0.5) is 0 Å². The van der Waals surface area contributed by atoms with Crippen LogP contribution in [0.15, 0.2) is 29.2 Å². The number of rotatable bonds is 5. The van der Waals surface area contributed by atoms with Gasteiger partial charge in [0.1, 0.15) is 6.61 Å². The number of piperidine rings is 1. The molecule has 2 aliphatic heterocycles. The first kappa shape index (κ1) is 18.4.